The van der Waals surface area contributed by atoms with Crippen LogP contribution in [0, 0.1) is 0 Å². The molecule has 0 aliphatic carbocycles. The van der Waals surface area contributed by atoms with Gasteiger partial charge in [-0.15, -0.1) is 0 Å². The number of amides is 1. The van der Waals surface area contributed by atoms with Gasteiger partial charge in [-0.2, -0.15) is 0 Å². The van der Waals surface area contributed by atoms with Crippen molar-refractivity contribution in [1.82, 2.24) is 14.9 Å². The van der Waals surface area contributed by atoms with Gasteiger partial charge in [0.2, 0.25) is 0 Å². The third-order valence-electron chi connectivity index (χ3n) is 5.71. The Hall–Kier alpha value is -4.69. The van der Waals surface area contributed by atoms with E-state index in [1.54, 1.807) is 36.4 Å². The highest BCUT2D eigenvalue weighted by molar-refractivity contribution is 6.04. The van der Waals surface area contributed by atoms with Crippen LogP contribution in [0.5, 0.6) is 5.75 Å². The second-order valence-corrected chi connectivity index (χ2v) is 9.04. The minimum atomic E-state index is -0.428. The first-order valence-corrected chi connectivity index (χ1v) is 12.3. The number of para-hydroxylation sites is 1. The first-order chi connectivity index (χ1) is 18.4. The summed E-state index contributed by atoms with van der Waals surface area (Å²) in [7, 11) is 4.04. The van der Waals surface area contributed by atoms with Gasteiger partial charge in [0.25, 0.3) is 17.0 Å². The summed E-state index contributed by atoms with van der Waals surface area (Å²) in [5, 5.41) is 3.10. The van der Waals surface area contributed by atoms with Crippen molar-refractivity contribution < 1.29 is 9.53 Å². The number of benzene rings is 3. The maximum absolute atomic E-state index is 12.6. The molecule has 4 rings (SSSR count). The zero-order chi connectivity index (χ0) is 26.9. The molecule has 4 aromatic rings. The zero-order valence-corrected chi connectivity index (χ0v) is 21.4. The number of ether oxygens (including phenoxy) is 1. The van der Waals surface area contributed by atoms with Gasteiger partial charge in [0.15, 0.2) is 0 Å². The van der Waals surface area contributed by atoms with Gasteiger partial charge in [-0.05, 0) is 80.2 Å². The molecule has 0 aliphatic rings. The number of nitrogens with one attached hydrogen (secondary N) is 3. The maximum Gasteiger partial charge on any atom is 0.272 e. The number of rotatable bonds is 9. The maximum atomic E-state index is 12.6. The van der Waals surface area contributed by atoms with Crippen LogP contribution in [0.3, 0.4) is 0 Å². The van der Waals surface area contributed by atoms with E-state index in [0.717, 1.165) is 24.3 Å². The fraction of sp³-hybridized carbons (Fsp3) is 0.167. The van der Waals surface area contributed by atoms with Crippen molar-refractivity contribution in [2.45, 2.75) is 6.42 Å². The van der Waals surface area contributed by atoms with Crippen LogP contribution < -0.4 is 31.9 Å². The Bertz CT molecular complexity index is 1600. The van der Waals surface area contributed by atoms with Gasteiger partial charge in [-0.25, -0.2) is 0 Å². The van der Waals surface area contributed by atoms with Crippen molar-refractivity contribution in [3.05, 3.63) is 127 Å². The summed E-state index contributed by atoms with van der Waals surface area (Å²) in [5.41, 5.74) is 1.76. The van der Waals surface area contributed by atoms with Gasteiger partial charge < -0.3 is 24.9 Å². The lowest BCUT2D eigenvalue weighted by atomic mass is 10.1. The summed E-state index contributed by atoms with van der Waals surface area (Å²) >= 11 is 0. The van der Waals surface area contributed by atoms with Crippen molar-refractivity contribution in [2.24, 2.45) is 0 Å². The lowest BCUT2D eigenvalue weighted by Gasteiger charge is -2.10. The number of carbonyl (C=O) groups is 1. The lowest BCUT2D eigenvalue weighted by molar-refractivity contribution is 0.102. The molecular formula is C30H30N4O4. The van der Waals surface area contributed by atoms with E-state index in [4.69, 9.17) is 4.74 Å². The Kier molecular flexibility index (Phi) is 8.69. The van der Waals surface area contributed by atoms with E-state index in [0.29, 0.717) is 23.4 Å². The Labute approximate surface area is 219 Å². The Morgan fingerprint density at radius 1 is 0.816 bits per heavy atom. The van der Waals surface area contributed by atoms with Crippen molar-refractivity contribution in [3.8, 4) is 5.75 Å². The van der Waals surface area contributed by atoms with Crippen LogP contribution in [0.15, 0.2) is 88.5 Å². The number of hydrogen-bond acceptors (Lipinski definition) is 5. The van der Waals surface area contributed by atoms with Gasteiger partial charge in [-0.1, -0.05) is 42.5 Å². The number of aromatic amines is 2. The predicted octanol–water partition coefficient (Wildman–Crippen LogP) is 2.30. The van der Waals surface area contributed by atoms with Gasteiger partial charge in [-0.3, -0.25) is 14.4 Å². The molecule has 1 heterocycles. The molecule has 0 bridgehead atoms. The number of anilines is 1. The topological polar surface area (TPSA) is 107 Å². The molecule has 38 heavy (non-hydrogen) atoms. The van der Waals surface area contributed by atoms with Gasteiger partial charge in [0, 0.05) is 17.8 Å². The van der Waals surface area contributed by atoms with E-state index in [1.807, 2.05) is 68.7 Å². The summed E-state index contributed by atoms with van der Waals surface area (Å²) in [4.78, 5) is 45.1. The minimum absolute atomic E-state index is 0.120. The standard InChI is InChI=1S/C30H30N4O4/c1-34(2)17-6-18-38-25-15-11-22(12-16-25)20-27-30(37)32-26(29(36)33-27)19-21-9-13-23(14-10-21)28(35)31-24-7-4-3-5-8-24/h3-5,7-16,19-20H,6,17-18H2,1-2H3,(H,31,35)(H,32,37)(H,33,36)/b26-19-,27-20-. The van der Waals surface area contributed by atoms with Crippen LogP contribution >= 0.6 is 0 Å². The van der Waals surface area contributed by atoms with Crippen molar-refractivity contribution in [1.29, 1.82) is 0 Å². The van der Waals surface area contributed by atoms with E-state index < -0.39 is 11.1 Å². The molecule has 0 radical (unpaired) electrons. The first-order valence-electron chi connectivity index (χ1n) is 12.3. The summed E-state index contributed by atoms with van der Waals surface area (Å²) in [6.07, 6.45) is 4.10. The molecule has 0 atom stereocenters. The fourth-order valence-electron chi connectivity index (χ4n) is 3.72. The molecule has 8 nitrogen and oxygen atoms in total. The summed E-state index contributed by atoms with van der Waals surface area (Å²) < 4.78 is 5.73. The highest BCUT2D eigenvalue weighted by atomic mass is 16.5. The van der Waals surface area contributed by atoms with Crippen LogP contribution in [-0.2, 0) is 0 Å². The number of H-pyrrole nitrogens is 2. The normalized spacial score (nSPS) is 12.1. The van der Waals surface area contributed by atoms with E-state index in [9.17, 15) is 14.4 Å². The molecule has 0 spiro atoms. The number of hydrogen-bond donors (Lipinski definition) is 3. The van der Waals surface area contributed by atoms with Crippen molar-refractivity contribution in [3.63, 3.8) is 0 Å². The number of carbonyl (C=O) groups excluding carboxylic acids is 1. The third kappa shape index (κ3) is 7.41. The minimum Gasteiger partial charge on any atom is -0.494 e. The summed E-state index contributed by atoms with van der Waals surface area (Å²) in [6, 6.07) is 23.2. The average molecular weight is 511 g/mol. The molecule has 194 valence electrons. The van der Waals surface area contributed by atoms with Gasteiger partial charge in [0.1, 0.15) is 16.4 Å². The molecule has 0 fully saturated rings. The predicted molar refractivity (Wildman–Crippen MR) is 150 cm³/mol. The van der Waals surface area contributed by atoms with Crippen molar-refractivity contribution in [2.75, 3.05) is 32.6 Å². The highest BCUT2D eigenvalue weighted by Gasteiger charge is 2.05. The molecule has 1 amide bonds. The Balaban J connectivity index is 1.46. The van der Waals surface area contributed by atoms with Crippen LogP contribution in [0.4, 0.5) is 5.69 Å². The van der Waals surface area contributed by atoms with Crippen molar-refractivity contribution >= 4 is 23.7 Å². The molecule has 3 N–H and O–H groups in total. The molecular weight excluding hydrogens is 480 g/mol. The van der Waals surface area contributed by atoms with E-state index in [1.165, 1.54) is 0 Å². The van der Waals surface area contributed by atoms with Crippen LogP contribution in [0.1, 0.15) is 27.9 Å². The lowest BCUT2D eigenvalue weighted by Crippen LogP contribution is -2.46. The Morgan fingerprint density at radius 2 is 1.37 bits per heavy atom. The largest absolute Gasteiger partial charge is 0.494 e. The zero-order valence-electron chi connectivity index (χ0n) is 21.4. The molecule has 1 aromatic heterocycles. The van der Waals surface area contributed by atoms with Gasteiger partial charge in [0.05, 0.1) is 6.61 Å². The smallest absolute Gasteiger partial charge is 0.272 e. The molecule has 0 unspecified atom stereocenters. The fourth-order valence-corrected chi connectivity index (χ4v) is 3.72. The molecule has 3 aromatic carbocycles. The van der Waals surface area contributed by atoms with Gasteiger partial charge >= 0.3 is 0 Å². The summed E-state index contributed by atoms with van der Waals surface area (Å²) in [6.45, 7) is 1.57. The van der Waals surface area contributed by atoms with Crippen LogP contribution in [-0.4, -0.2) is 48.0 Å². The second kappa shape index (κ2) is 12.5. The first kappa shape index (κ1) is 26.4. The molecule has 8 heteroatoms. The SMILES string of the molecule is CN(C)CCCOc1ccc(/C=c2\[nH]c(=O)/c(=C/c3ccc(C(=O)Nc4ccccc4)cc3)[nH]c2=O)cc1. The van der Waals surface area contributed by atoms with E-state index in [-0.39, 0.29) is 16.6 Å². The van der Waals surface area contributed by atoms with Crippen LogP contribution in [0.2, 0.25) is 0 Å². The number of aromatic nitrogens is 2. The Morgan fingerprint density at radius 3 is 1.92 bits per heavy atom. The quantitative estimate of drug-likeness (QED) is 0.300. The molecule has 0 aliphatic heterocycles. The molecule has 0 saturated carbocycles. The third-order valence-corrected chi connectivity index (χ3v) is 5.71. The van der Waals surface area contributed by atoms with Crippen LogP contribution in [0.25, 0.3) is 12.2 Å². The van der Waals surface area contributed by atoms with E-state index in [2.05, 4.69) is 20.2 Å². The second-order valence-electron chi connectivity index (χ2n) is 9.04. The van der Waals surface area contributed by atoms with E-state index >= 15 is 0 Å². The molecule has 0 saturated heterocycles. The summed E-state index contributed by atoms with van der Waals surface area (Å²) in [5.74, 6) is 0.509. The number of nitrogens with zero attached hydrogens (tertiary/aromatic N) is 1. The average Bonchev–Trinajstić information content (AvgIpc) is 2.91. The monoisotopic (exact) mass is 510 g/mol. The highest BCUT2D eigenvalue weighted by Crippen LogP contribution is 2.13.